The van der Waals surface area contributed by atoms with Crippen LogP contribution in [0.2, 0.25) is 0 Å². The van der Waals surface area contributed by atoms with Crippen molar-refractivity contribution in [2.24, 2.45) is 0 Å². The van der Waals surface area contributed by atoms with Crippen molar-refractivity contribution in [2.45, 2.75) is 32.4 Å². The molecule has 2 rings (SSSR count). The molecule has 6 nitrogen and oxygen atoms in total. The Labute approximate surface area is 160 Å². The molecule has 0 bridgehead atoms. The summed E-state index contributed by atoms with van der Waals surface area (Å²) >= 11 is 0. The van der Waals surface area contributed by atoms with E-state index in [9.17, 15) is 9.90 Å². The van der Waals surface area contributed by atoms with E-state index >= 15 is 0 Å². The van der Waals surface area contributed by atoms with Crippen molar-refractivity contribution in [2.75, 3.05) is 25.6 Å². The lowest BCUT2D eigenvalue weighted by Crippen LogP contribution is -2.42. The molecule has 0 aliphatic heterocycles. The summed E-state index contributed by atoms with van der Waals surface area (Å²) in [6.07, 6.45) is -0.598. The Balaban J connectivity index is 1.82. The number of carbonyl (C=O) groups is 1. The van der Waals surface area contributed by atoms with Crippen LogP contribution in [0.1, 0.15) is 31.1 Å². The maximum absolute atomic E-state index is 12.2. The molecule has 0 aliphatic carbocycles. The second-order valence-electron chi connectivity index (χ2n) is 7.30. The number of ether oxygens (including phenoxy) is 2. The summed E-state index contributed by atoms with van der Waals surface area (Å²) in [5.74, 6) is 1.13. The lowest BCUT2D eigenvalue weighted by Gasteiger charge is -2.23. The van der Waals surface area contributed by atoms with Gasteiger partial charge < -0.3 is 25.2 Å². The normalized spacial score (nSPS) is 12.3. The van der Waals surface area contributed by atoms with Gasteiger partial charge in [0.2, 0.25) is 0 Å². The van der Waals surface area contributed by atoms with Gasteiger partial charge in [-0.1, -0.05) is 0 Å². The van der Waals surface area contributed by atoms with Crippen LogP contribution < -0.4 is 20.1 Å². The van der Waals surface area contributed by atoms with Crippen LogP contribution in [0.4, 0.5) is 5.69 Å². The van der Waals surface area contributed by atoms with Crippen LogP contribution in [-0.4, -0.2) is 42.9 Å². The maximum atomic E-state index is 12.2. The fraction of sp³-hybridized carbons (Fsp3) is 0.381. The first-order valence-electron chi connectivity index (χ1n) is 8.88. The Kier molecular flexibility index (Phi) is 7.21. The van der Waals surface area contributed by atoms with Crippen LogP contribution in [-0.2, 0) is 0 Å². The van der Waals surface area contributed by atoms with E-state index in [0.29, 0.717) is 29.3 Å². The Morgan fingerprint density at radius 2 is 1.63 bits per heavy atom. The molecule has 1 unspecified atom stereocenters. The number of aliphatic hydroxyl groups is 1. The molecule has 0 saturated carbocycles. The standard InChI is InChI=1S/C21H28N2O4/c1-21(2,3)22-13-17(24)14-27-19-11-7-16(8-12-19)23-20(25)15-5-9-18(26-4)10-6-15/h5-12,17,22,24H,13-14H2,1-4H3,(H,23,25). The molecule has 146 valence electrons. The van der Waals surface area contributed by atoms with Gasteiger partial charge in [0.1, 0.15) is 24.2 Å². The molecule has 1 atom stereocenters. The van der Waals surface area contributed by atoms with Crippen molar-refractivity contribution < 1.29 is 19.4 Å². The first-order valence-corrected chi connectivity index (χ1v) is 8.88. The Hall–Kier alpha value is -2.57. The number of hydrogen-bond acceptors (Lipinski definition) is 5. The third kappa shape index (κ3) is 7.29. The minimum absolute atomic E-state index is 0.0509. The van der Waals surface area contributed by atoms with Gasteiger partial charge >= 0.3 is 0 Å². The molecule has 2 aromatic carbocycles. The minimum atomic E-state index is -0.598. The highest BCUT2D eigenvalue weighted by molar-refractivity contribution is 6.04. The number of methoxy groups -OCH3 is 1. The van der Waals surface area contributed by atoms with E-state index in [1.807, 2.05) is 20.8 Å². The molecule has 6 heteroatoms. The third-order valence-corrected chi connectivity index (χ3v) is 3.77. The van der Waals surface area contributed by atoms with E-state index in [2.05, 4.69) is 10.6 Å². The molecule has 0 aromatic heterocycles. The summed E-state index contributed by atoms with van der Waals surface area (Å²) in [5, 5.41) is 16.0. The molecule has 27 heavy (non-hydrogen) atoms. The topological polar surface area (TPSA) is 79.8 Å². The monoisotopic (exact) mass is 372 g/mol. The highest BCUT2D eigenvalue weighted by Gasteiger charge is 2.12. The molecule has 0 saturated heterocycles. The van der Waals surface area contributed by atoms with Crippen LogP contribution >= 0.6 is 0 Å². The van der Waals surface area contributed by atoms with Gasteiger partial charge in [0.25, 0.3) is 5.91 Å². The van der Waals surface area contributed by atoms with Gasteiger partial charge in [-0.15, -0.1) is 0 Å². The lowest BCUT2D eigenvalue weighted by molar-refractivity contribution is 0.100. The van der Waals surface area contributed by atoms with E-state index in [-0.39, 0.29) is 18.1 Å². The quantitative estimate of drug-likeness (QED) is 0.664. The van der Waals surface area contributed by atoms with E-state index in [4.69, 9.17) is 9.47 Å². The van der Waals surface area contributed by atoms with Gasteiger partial charge in [0.05, 0.1) is 7.11 Å². The number of anilines is 1. The van der Waals surface area contributed by atoms with Crippen LogP contribution in [0.25, 0.3) is 0 Å². The van der Waals surface area contributed by atoms with E-state index < -0.39 is 6.10 Å². The fourth-order valence-electron chi connectivity index (χ4n) is 2.26. The van der Waals surface area contributed by atoms with Gasteiger partial charge in [-0.05, 0) is 69.3 Å². The molecular weight excluding hydrogens is 344 g/mol. The summed E-state index contributed by atoms with van der Waals surface area (Å²) < 4.78 is 10.7. The zero-order chi connectivity index (χ0) is 19.9. The zero-order valence-electron chi connectivity index (χ0n) is 16.3. The number of amides is 1. The number of carbonyl (C=O) groups excluding carboxylic acids is 1. The van der Waals surface area contributed by atoms with Crippen LogP contribution in [0.15, 0.2) is 48.5 Å². The van der Waals surface area contributed by atoms with Crippen molar-refractivity contribution in [1.29, 1.82) is 0 Å². The van der Waals surface area contributed by atoms with Crippen molar-refractivity contribution in [3.05, 3.63) is 54.1 Å². The van der Waals surface area contributed by atoms with E-state index in [1.165, 1.54) is 0 Å². The number of hydrogen-bond donors (Lipinski definition) is 3. The summed E-state index contributed by atoms with van der Waals surface area (Å²) in [7, 11) is 1.58. The Morgan fingerprint density at radius 1 is 1.04 bits per heavy atom. The van der Waals surface area contributed by atoms with Gasteiger partial charge in [-0.2, -0.15) is 0 Å². The van der Waals surface area contributed by atoms with Crippen LogP contribution in [0.3, 0.4) is 0 Å². The van der Waals surface area contributed by atoms with Crippen molar-refractivity contribution in [3.63, 3.8) is 0 Å². The maximum Gasteiger partial charge on any atom is 0.255 e. The first kappa shape index (κ1) is 20.7. The summed E-state index contributed by atoms with van der Waals surface area (Å²) in [5.41, 5.74) is 1.16. The molecule has 2 aromatic rings. The average Bonchev–Trinajstić information content (AvgIpc) is 2.65. The van der Waals surface area contributed by atoms with Crippen LogP contribution in [0.5, 0.6) is 11.5 Å². The van der Waals surface area contributed by atoms with Crippen molar-refractivity contribution in [1.82, 2.24) is 5.32 Å². The summed E-state index contributed by atoms with van der Waals surface area (Å²) in [6.45, 7) is 6.78. The number of rotatable bonds is 8. The van der Waals surface area contributed by atoms with Crippen LogP contribution in [0, 0.1) is 0 Å². The van der Waals surface area contributed by atoms with E-state index in [1.54, 1.807) is 55.6 Å². The number of β-amino-alcohol motifs (C(OH)–C–C–N with tert-alkyl or cyclic N) is 1. The highest BCUT2D eigenvalue weighted by atomic mass is 16.5. The molecule has 0 radical (unpaired) electrons. The average molecular weight is 372 g/mol. The zero-order valence-corrected chi connectivity index (χ0v) is 16.3. The molecule has 0 aliphatic rings. The Morgan fingerprint density at radius 3 is 2.19 bits per heavy atom. The predicted octanol–water partition coefficient (Wildman–Crippen LogP) is 3.08. The lowest BCUT2D eigenvalue weighted by atomic mass is 10.1. The second-order valence-corrected chi connectivity index (χ2v) is 7.30. The first-order chi connectivity index (χ1) is 12.8. The highest BCUT2D eigenvalue weighted by Crippen LogP contribution is 2.18. The van der Waals surface area contributed by atoms with Gasteiger partial charge in [-0.25, -0.2) is 0 Å². The summed E-state index contributed by atoms with van der Waals surface area (Å²) in [4.78, 5) is 12.2. The third-order valence-electron chi connectivity index (χ3n) is 3.77. The summed E-state index contributed by atoms with van der Waals surface area (Å²) in [6, 6.07) is 13.9. The van der Waals surface area contributed by atoms with Gasteiger partial charge in [-0.3, -0.25) is 4.79 Å². The number of benzene rings is 2. The molecule has 0 fully saturated rings. The molecule has 0 heterocycles. The molecule has 0 spiro atoms. The number of nitrogens with one attached hydrogen (secondary N) is 2. The minimum Gasteiger partial charge on any atom is -0.497 e. The molecule has 3 N–H and O–H groups in total. The van der Waals surface area contributed by atoms with Crippen molar-refractivity contribution >= 4 is 11.6 Å². The predicted molar refractivity (Wildman–Crippen MR) is 107 cm³/mol. The van der Waals surface area contributed by atoms with Gasteiger partial charge in [0.15, 0.2) is 0 Å². The second kappa shape index (κ2) is 9.39. The SMILES string of the molecule is COc1ccc(C(=O)Nc2ccc(OCC(O)CNC(C)(C)C)cc2)cc1. The smallest absolute Gasteiger partial charge is 0.255 e. The Bertz CT molecular complexity index is 721. The molecule has 1 amide bonds. The molecular formula is C21H28N2O4. The number of aliphatic hydroxyl groups excluding tert-OH is 1. The van der Waals surface area contributed by atoms with E-state index in [0.717, 1.165) is 0 Å². The van der Waals surface area contributed by atoms with Crippen molar-refractivity contribution in [3.8, 4) is 11.5 Å². The van der Waals surface area contributed by atoms with Gasteiger partial charge in [0, 0.05) is 23.3 Å². The fourth-order valence-corrected chi connectivity index (χ4v) is 2.26. The largest absolute Gasteiger partial charge is 0.497 e.